The maximum atomic E-state index is 12.6. The summed E-state index contributed by atoms with van der Waals surface area (Å²) in [6.07, 6.45) is 0. The number of hydrogen-bond donors (Lipinski definition) is 2. The van der Waals surface area contributed by atoms with Crippen LogP contribution in [0.5, 0.6) is 0 Å². The van der Waals surface area contributed by atoms with Gasteiger partial charge in [-0.2, -0.15) is 5.12 Å². The van der Waals surface area contributed by atoms with E-state index in [0.29, 0.717) is 11.1 Å². The van der Waals surface area contributed by atoms with Gasteiger partial charge in [-0.05, 0) is 5.56 Å². The Morgan fingerprint density at radius 3 is 2.69 bits per heavy atom. The van der Waals surface area contributed by atoms with E-state index in [4.69, 9.17) is 10.5 Å². The molecule has 0 fully saturated rings. The van der Waals surface area contributed by atoms with Crippen LogP contribution in [0.25, 0.3) is 0 Å². The van der Waals surface area contributed by atoms with Gasteiger partial charge >= 0.3 is 0 Å². The van der Waals surface area contributed by atoms with Crippen LogP contribution in [0.4, 0.5) is 4.48 Å². The van der Waals surface area contributed by atoms with Crippen molar-refractivity contribution in [1.82, 2.24) is 5.12 Å². The zero-order valence-corrected chi connectivity index (χ0v) is 7.29. The number of hydrogen-bond acceptors (Lipinski definition) is 2. The molecular formula is C9H11FN2O. The minimum absolute atomic E-state index is 0.188. The molecule has 4 heteroatoms. The Kier molecular flexibility index (Phi) is 2.97. The molecule has 0 aromatic heterocycles. The lowest BCUT2D eigenvalue weighted by molar-refractivity contribution is 0.160. The average Bonchev–Trinajstić information content (AvgIpc) is 2.16. The van der Waals surface area contributed by atoms with Crippen molar-refractivity contribution in [2.24, 2.45) is 0 Å². The first kappa shape index (κ1) is 9.67. The Morgan fingerprint density at radius 2 is 2.15 bits per heavy atom. The lowest BCUT2D eigenvalue weighted by Gasteiger charge is -2.11. The smallest absolute Gasteiger partial charge is 0.157 e. The number of nitrogens with one attached hydrogen (secondary N) is 1. The minimum atomic E-state index is -0.246. The number of rotatable bonds is 2. The zero-order chi connectivity index (χ0) is 9.84. The summed E-state index contributed by atoms with van der Waals surface area (Å²) in [5, 5.41) is 16.5. The summed E-state index contributed by atoms with van der Waals surface area (Å²) in [5.41, 5.74) is 0.965. The van der Waals surface area contributed by atoms with Crippen molar-refractivity contribution in [3.8, 4) is 0 Å². The molecule has 1 aromatic carbocycles. The second-order valence-electron chi connectivity index (χ2n) is 2.64. The standard InChI is InChI=1S/C9H11FN2O/c1-12(10)9(11)8-5-3-2-4-7(8)6-13/h2-5,11,13H,6H2,1H3. The van der Waals surface area contributed by atoms with Gasteiger partial charge in [-0.25, -0.2) is 0 Å². The molecule has 70 valence electrons. The summed E-state index contributed by atoms with van der Waals surface area (Å²) >= 11 is 0. The Hall–Kier alpha value is -1.42. The monoisotopic (exact) mass is 182 g/mol. The number of aliphatic hydroxyl groups excluding tert-OH is 1. The number of aliphatic hydroxyl groups is 1. The molecule has 1 aromatic rings. The van der Waals surface area contributed by atoms with Gasteiger partial charge in [0.2, 0.25) is 0 Å². The lowest BCUT2D eigenvalue weighted by Crippen LogP contribution is -2.19. The molecule has 0 unspecified atom stereocenters. The molecule has 1 rings (SSSR count). The third-order valence-electron chi connectivity index (χ3n) is 1.75. The van der Waals surface area contributed by atoms with Gasteiger partial charge in [0.15, 0.2) is 5.84 Å². The fraction of sp³-hybridized carbons (Fsp3) is 0.222. The molecule has 0 heterocycles. The van der Waals surface area contributed by atoms with Crippen molar-refractivity contribution >= 4 is 5.84 Å². The molecule has 0 saturated heterocycles. The van der Waals surface area contributed by atoms with E-state index in [2.05, 4.69) is 0 Å². The number of halogens is 1. The molecule has 13 heavy (non-hydrogen) atoms. The van der Waals surface area contributed by atoms with Crippen LogP contribution in [0.15, 0.2) is 24.3 Å². The zero-order valence-electron chi connectivity index (χ0n) is 7.29. The fourth-order valence-corrected chi connectivity index (χ4v) is 1.06. The summed E-state index contributed by atoms with van der Waals surface area (Å²) in [5.74, 6) is -0.246. The number of benzene rings is 1. The van der Waals surface area contributed by atoms with Crippen LogP contribution in [0.1, 0.15) is 11.1 Å². The van der Waals surface area contributed by atoms with E-state index in [0.717, 1.165) is 7.05 Å². The van der Waals surface area contributed by atoms with Crippen molar-refractivity contribution < 1.29 is 9.59 Å². The predicted octanol–water partition coefficient (Wildman–Crippen LogP) is 1.32. The van der Waals surface area contributed by atoms with E-state index in [9.17, 15) is 4.48 Å². The van der Waals surface area contributed by atoms with Crippen molar-refractivity contribution in [2.45, 2.75) is 6.61 Å². The van der Waals surface area contributed by atoms with Crippen LogP contribution in [0.2, 0.25) is 0 Å². The third kappa shape index (κ3) is 2.03. The first-order valence-corrected chi connectivity index (χ1v) is 3.84. The van der Waals surface area contributed by atoms with Crippen LogP contribution < -0.4 is 0 Å². The van der Waals surface area contributed by atoms with Crippen molar-refractivity contribution in [3.05, 3.63) is 35.4 Å². The van der Waals surface area contributed by atoms with E-state index >= 15 is 0 Å². The van der Waals surface area contributed by atoms with Gasteiger partial charge in [-0.15, -0.1) is 0 Å². The Bertz CT molecular complexity index is 312. The minimum Gasteiger partial charge on any atom is -0.392 e. The lowest BCUT2D eigenvalue weighted by atomic mass is 10.1. The molecule has 0 aliphatic carbocycles. The van der Waals surface area contributed by atoms with Gasteiger partial charge in [-0.3, -0.25) is 5.41 Å². The van der Waals surface area contributed by atoms with Gasteiger partial charge in [0.25, 0.3) is 0 Å². The molecule has 0 aliphatic heterocycles. The Balaban J connectivity index is 3.06. The van der Waals surface area contributed by atoms with E-state index in [1.807, 2.05) is 0 Å². The first-order chi connectivity index (χ1) is 6.16. The highest BCUT2D eigenvalue weighted by Gasteiger charge is 2.09. The van der Waals surface area contributed by atoms with Crippen molar-refractivity contribution in [3.63, 3.8) is 0 Å². The van der Waals surface area contributed by atoms with Gasteiger partial charge in [0.05, 0.1) is 6.61 Å². The van der Waals surface area contributed by atoms with Crippen molar-refractivity contribution in [1.29, 1.82) is 5.41 Å². The second kappa shape index (κ2) is 4.00. The summed E-state index contributed by atoms with van der Waals surface area (Å²) in [6, 6.07) is 6.70. The topological polar surface area (TPSA) is 47.3 Å². The summed E-state index contributed by atoms with van der Waals surface area (Å²) in [4.78, 5) is 0. The average molecular weight is 182 g/mol. The van der Waals surface area contributed by atoms with Crippen LogP contribution in [-0.4, -0.2) is 23.1 Å². The number of nitrogens with zero attached hydrogens (tertiary/aromatic N) is 1. The van der Waals surface area contributed by atoms with Crippen LogP contribution >= 0.6 is 0 Å². The largest absolute Gasteiger partial charge is 0.392 e. The molecule has 2 N–H and O–H groups in total. The van der Waals surface area contributed by atoms with Crippen molar-refractivity contribution in [2.75, 3.05) is 7.05 Å². The third-order valence-corrected chi connectivity index (χ3v) is 1.75. The molecule has 0 aliphatic rings. The normalized spacial score (nSPS) is 9.77. The fourth-order valence-electron chi connectivity index (χ4n) is 1.06. The van der Waals surface area contributed by atoms with E-state index in [1.165, 1.54) is 0 Å². The second-order valence-corrected chi connectivity index (χ2v) is 2.64. The van der Waals surface area contributed by atoms with E-state index in [-0.39, 0.29) is 17.6 Å². The van der Waals surface area contributed by atoms with E-state index < -0.39 is 0 Å². The highest BCUT2D eigenvalue weighted by molar-refractivity contribution is 5.96. The molecular weight excluding hydrogens is 171 g/mol. The first-order valence-electron chi connectivity index (χ1n) is 3.84. The maximum absolute atomic E-state index is 12.6. The predicted molar refractivity (Wildman–Crippen MR) is 48.1 cm³/mol. The van der Waals surface area contributed by atoms with Gasteiger partial charge < -0.3 is 5.11 Å². The molecule has 3 nitrogen and oxygen atoms in total. The van der Waals surface area contributed by atoms with Crippen LogP contribution in [0, 0.1) is 5.41 Å². The molecule has 0 spiro atoms. The maximum Gasteiger partial charge on any atom is 0.157 e. The highest BCUT2D eigenvalue weighted by Crippen LogP contribution is 2.10. The van der Waals surface area contributed by atoms with Crippen LogP contribution in [-0.2, 0) is 6.61 Å². The molecule has 0 bridgehead atoms. The van der Waals surface area contributed by atoms with Gasteiger partial charge in [-0.1, -0.05) is 28.7 Å². The quantitative estimate of drug-likeness (QED) is 0.411. The van der Waals surface area contributed by atoms with E-state index in [1.54, 1.807) is 24.3 Å². The highest BCUT2D eigenvalue weighted by atomic mass is 19.2. The summed E-state index contributed by atoms with van der Waals surface area (Å²) < 4.78 is 12.6. The summed E-state index contributed by atoms with van der Waals surface area (Å²) in [7, 11) is 1.15. The SMILES string of the molecule is CN(F)C(=N)c1ccccc1CO. The molecule has 0 amide bonds. The number of amidine groups is 1. The molecule has 0 saturated carbocycles. The Labute approximate surface area is 75.9 Å². The molecule has 0 radical (unpaired) electrons. The Morgan fingerprint density at radius 1 is 1.54 bits per heavy atom. The molecule has 0 atom stereocenters. The van der Waals surface area contributed by atoms with Gasteiger partial charge in [0, 0.05) is 12.6 Å². The van der Waals surface area contributed by atoms with Gasteiger partial charge in [0.1, 0.15) is 0 Å². The summed E-state index contributed by atoms with van der Waals surface area (Å²) in [6.45, 7) is -0.188. The van der Waals surface area contributed by atoms with Crippen LogP contribution in [0.3, 0.4) is 0 Å².